The van der Waals surface area contributed by atoms with Gasteiger partial charge in [-0.1, -0.05) is 11.6 Å². The lowest BCUT2D eigenvalue weighted by Gasteiger charge is -2.34. The van der Waals surface area contributed by atoms with Crippen LogP contribution in [0.5, 0.6) is 5.75 Å². The van der Waals surface area contributed by atoms with Gasteiger partial charge in [-0.3, -0.25) is 4.79 Å². The molecule has 8 heteroatoms. The molecule has 132 valence electrons. The van der Waals surface area contributed by atoms with Crippen LogP contribution in [-0.2, 0) is 21.2 Å². The third kappa shape index (κ3) is 3.84. The van der Waals surface area contributed by atoms with Crippen molar-refractivity contribution in [2.45, 2.75) is 38.3 Å². The van der Waals surface area contributed by atoms with E-state index in [0.717, 1.165) is 18.4 Å². The summed E-state index contributed by atoms with van der Waals surface area (Å²) in [4.78, 5) is 14.4. The van der Waals surface area contributed by atoms with E-state index in [9.17, 15) is 13.2 Å². The molecule has 0 aromatic heterocycles. The maximum Gasteiger partial charge on any atom is 0.264 e. The summed E-state index contributed by atoms with van der Waals surface area (Å²) in [7, 11) is -3.27. The van der Waals surface area contributed by atoms with Crippen LogP contribution in [0, 0.1) is 0 Å². The van der Waals surface area contributed by atoms with E-state index in [1.54, 1.807) is 24.0 Å². The largest absolute Gasteiger partial charge is 0.480 e. The Hall–Kier alpha value is -1.31. The number of fused-ring (bicyclic) bond motifs is 1. The minimum atomic E-state index is -3.27. The first kappa shape index (κ1) is 17.5. The quantitative estimate of drug-likeness (QED) is 0.870. The molecule has 3 rings (SSSR count). The topological polar surface area (TPSA) is 75.7 Å². The minimum absolute atomic E-state index is 0.0409. The molecular formula is C16H21ClN2O4S. The van der Waals surface area contributed by atoms with Crippen LogP contribution in [0.25, 0.3) is 0 Å². The van der Waals surface area contributed by atoms with E-state index < -0.39 is 16.1 Å². The van der Waals surface area contributed by atoms with E-state index in [1.807, 2.05) is 6.07 Å². The summed E-state index contributed by atoms with van der Waals surface area (Å²) in [6, 6.07) is 5.10. The number of carbonyl (C=O) groups is 1. The van der Waals surface area contributed by atoms with E-state index in [-0.39, 0.29) is 17.7 Å². The molecule has 0 unspecified atom stereocenters. The van der Waals surface area contributed by atoms with Crippen LogP contribution in [0.3, 0.4) is 0 Å². The summed E-state index contributed by atoms with van der Waals surface area (Å²) in [5.74, 6) is 0.639. The first-order valence-electron chi connectivity index (χ1n) is 8.12. The Morgan fingerprint density at radius 3 is 3.00 bits per heavy atom. The van der Waals surface area contributed by atoms with Gasteiger partial charge in [-0.05, 0) is 43.5 Å². The molecule has 1 saturated heterocycles. The van der Waals surface area contributed by atoms with Gasteiger partial charge in [0.2, 0.25) is 10.0 Å². The van der Waals surface area contributed by atoms with Crippen molar-refractivity contribution in [1.82, 2.24) is 9.62 Å². The number of ether oxygens (including phenoxy) is 1. The highest BCUT2D eigenvalue weighted by molar-refractivity contribution is 7.89. The van der Waals surface area contributed by atoms with Gasteiger partial charge in [0.1, 0.15) is 5.75 Å². The first-order valence-corrected chi connectivity index (χ1v) is 10.1. The smallest absolute Gasteiger partial charge is 0.264 e. The number of amides is 1. The van der Waals surface area contributed by atoms with E-state index in [0.29, 0.717) is 30.3 Å². The molecule has 0 aliphatic carbocycles. The van der Waals surface area contributed by atoms with Crippen LogP contribution in [0.15, 0.2) is 18.2 Å². The molecule has 0 bridgehead atoms. The molecule has 1 aromatic carbocycles. The highest BCUT2D eigenvalue weighted by Gasteiger charge is 2.35. The fourth-order valence-electron chi connectivity index (χ4n) is 3.17. The fraction of sp³-hybridized carbons (Fsp3) is 0.562. The Labute approximate surface area is 147 Å². The molecule has 2 aliphatic rings. The number of carbonyl (C=O) groups excluding carboxylic acids is 1. The maximum atomic E-state index is 12.7. The van der Waals surface area contributed by atoms with Crippen molar-refractivity contribution < 1.29 is 17.9 Å². The number of nitrogens with one attached hydrogen (secondary N) is 1. The SMILES string of the molecule is CCS(=O)(=O)N[C@@H]1CCCN(C(=O)[C@H]2Cc3cc(Cl)ccc3O2)C1. The zero-order valence-corrected chi connectivity index (χ0v) is 15.1. The first-order chi connectivity index (χ1) is 11.4. The van der Waals surface area contributed by atoms with Crippen LogP contribution in [0.2, 0.25) is 5.02 Å². The maximum absolute atomic E-state index is 12.7. The molecule has 0 saturated carbocycles. The number of hydrogen-bond donors (Lipinski definition) is 1. The van der Waals surface area contributed by atoms with Gasteiger partial charge < -0.3 is 9.64 Å². The lowest BCUT2D eigenvalue weighted by atomic mass is 10.0. The summed E-state index contributed by atoms with van der Waals surface area (Å²) in [5.41, 5.74) is 0.932. The van der Waals surface area contributed by atoms with E-state index in [4.69, 9.17) is 16.3 Å². The minimum Gasteiger partial charge on any atom is -0.480 e. The zero-order valence-electron chi connectivity index (χ0n) is 13.5. The molecule has 1 N–H and O–H groups in total. The van der Waals surface area contributed by atoms with Gasteiger partial charge in [0.25, 0.3) is 5.91 Å². The van der Waals surface area contributed by atoms with Crippen molar-refractivity contribution in [2.24, 2.45) is 0 Å². The fourth-order valence-corrected chi connectivity index (χ4v) is 4.23. The summed E-state index contributed by atoms with van der Waals surface area (Å²) in [5, 5.41) is 0.623. The molecule has 2 aliphatic heterocycles. The van der Waals surface area contributed by atoms with Gasteiger partial charge in [0.15, 0.2) is 6.10 Å². The second-order valence-corrected chi connectivity index (χ2v) is 8.69. The van der Waals surface area contributed by atoms with Crippen molar-refractivity contribution >= 4 is 27.5 Å². The molecule has 0 radical (unpaired) electrons. The second-order valence-electron chi connectivity index (χ2n) is 6.21. The van der Waals surface area contributed by atoms with Crippen molar-refractivity contribution in [3.8, 4) is 5.75 Å². The number of nitrogens with zero attached hydrogens (tertiary/aromatic N) is 1. The van der Waals surface area contributed by atoms with E-state index >= 15 is 0 Å². The summed E-state index contributed by atoms with van der Waals surface area (Å²) in [6.45, 7) is 2.61. The van der Waals surface area contributed by atoms with Crippen molar-refractivity contribution in [2.75, 3.05) is 18.8 Å². The average Bonchev–Trinajstić information content (AvgIpc) is 2.97. The van der Waals surface area contributed by atoms with Crippen molar-refractivity contribution in [1.29, 1.82) is 0 Å². The summed E-state index contributed by atoms with van der Waals surface area (Å²) >= 11 is 5.98. The number of sulfonamides is 1. The van der Waals surface area contributed by atoms with Gasteiger partial charge >= 0.3 is 0 Å². The number of piperidine rings is 1. The molecule has 1 fully saturated rings. The number of likely N-dealkylation sites (tertiary alicyclic amines) is 1. The Kier molecular flexibility index (Phi) is 5.03. The van der Waals surface area contributed by atoms with Crippen LogP contribution >= 0.6 is 11.6 Å². The van der Waals surface area contributed by atoms with Gasteiger partial charge in [-0.15, -0.1) is 0 Å². The number of halogens is 1. The lowest BCUT2D eigenvalue weighted by Crippen LogP contribution is -2.52. The van der Waals surface area contributed by atoms with E-state index in [1.165, 1.54) is 0 Å². The van der Waals surface area contributed by atoms with Crippen LogP contribution in [0.1, 0.15) is 25.3 Å². The molecule has 2 atom stereocenters. The molecule has 0 spiro atoms. The van der Waals surface area contributed by atoms with Gasteiger partial charge in [0, 0.05) is 30.6 Å². The average molecular weight is 373 g/mol. The summed E-state index contributed by atoms with van der Waals surface area (Å²) < 4.78 is 31.9. The Balaban J connectivity index is 1.63. The predicted octanol–water partition coefficient (Wildman–Crippen LogP) is 1.57. The molecule has 6 nitrogen and oxygen atoms in total. The Morgan fingerprint density at radius 2 is 2.25 bits per heavy atom. The zero-order chi connectivity index (χ0) is 17.3. The summed E-state index contributed by atoms with van der Waals surface area (Å²) in [6.07, 6.45) is 1.45. The third-order valence-electron chi connectivity index (χ3n) is 4.43. The van der Waals surface area contributed by atoms with Gasteiger partial charge in [-0.2, -0.15) is 0 Å². The molecule has 1 aromatic rings. The monoisotopic (exact) mass is 372 g/mol. The lowest BCUT2D eigenvalue weighted by molar-refractivity contribution is -0.139. The van der Waals surface area contributed by atoms with Gasteiger partial charge in [0.05, 0.1) is 5.75 Å². The molecular weight excluding hydrogens is 352 g/mol. The third-order valence-corrected chi connectivity index (χ3v) is 6.12. The molecule has 2 heterocycles. The van der Waals surface area contributed by atoms with Crippen LogP contribution in [-0.4, -0.2) is 50.2 Å². The van der Waals surface area contributed by atoms with Crippen LogP contribution < -0.4 is 9.46 Å². The molecule has 1 amide bonds. The Bertz CT molecular complexity index is 738. The highest BCUT2D eigenvalue weighted by Crippen LogP contribution is 2.32. The van der Waals surface area contributed by atoms with Gasteiger partial charge in [-0.25, -0.2) is 13.1 Å². The number of hydrogen-bond acceptors (Lipinski definition) is 4. The highest BCUT2D eigenvalue weighted by atomic mass is 35.5. The molecule has 24 heavy (non-hydrogen) atoms. The van der Waals surface area contributed by atoms with Crippen molar-refractivity contribution in [3.63, 3.8) is 0 Å². The predicted molar refractivity (Wildman–Crippen MR) is 91.8 cm³/mol. The van der Waals surface area contributed by atoms with Crippen LogP contribution in [0.4, 0.5) is 0 Å². The van der Waals surface area contributed by atoms with Crippen molar-refractivity contribution in [3.05, 3.63) is 28.8 Å². The number of rotatable bonds is 4. The Morgan fingerprint density at radius 1 is 1.46 bits per heavy atom. The normalized spacial score (nSPS) is 23.7. The number of benzene rings is 1. The standard InChI is InChI=1S/C16H21ClN2O4S/c1-2-24(21,22)18-13-4-3-7-19(10-13)16(20)15-9-11-8-12(17)5-6-14(11)23-15/h5-6,8,13,15,18H,2-4,7,9-10H2,1H3/t13-,15-/m1/s1. The van der Waals surface area contributed by atoms with E-state index in [2.05, 4.69) is 4.72 Å². The second kappa shape index (κ2) is 6.90.